The molecule has 4 nitrogen and oxygen atoms in total. The third-order valence-corrected chi connectivity index (χ3v) is 2.10. The number of hydrogen-bond acceptors (Lipinski definition) is 3. The van der Waals surface area contributed by atoms with Gasteiger partial charge in [0.05, 0.1) is 12.3 Å². The first-order valence-corrected chi connectivity index (χ1v) is 4.11. The summed E-state index contributed by atoms with van der Waals surface area (Å²) in [6, 6.07) is 1.92. The Kier molecular flexibility index (Phi) is 1.77. The molecule has 0 atom stereocenters. The first-order chi connectivity index (χ1) is 6.22. The molecule has 0 saturated carbocycles. The highest BCUT2D eigenvalue weighted by Crippen LogP contribution is 2.16. The van der Waals surface area contributed by atoms with Gasteiger partial charge in [-0.25, -0.2) is 4.98 Å². The van der Waals surface area contributed by atoms with Gasteiger partial charge in [0, 0.05) is 18.6 Å². The lowest BCUT2D eigenvalue weighted by Gasteiger charge is -1.96. The molecule has 2 aromatic rings. The van der Waals surface area contributed by atoms with Crippen molar-refractivity contribution in [1.82, 2.24) is 14.8 Å². The third kappa shape index (κ3) is 1.19. The fourth-order valence-corrected chi connectivity index (χ4v) is 1.44. The van der Waals surface area contributed by atoms with E-state index in [1.807, 2.05) is 20.0 Å². The maximum atomic E-state index is 8.93. The van der Waals surface area contributed by atoms with Crippen LogP contribution < -0.4 is 0 Å². The van der Waals surface area contributed by atoms with Gasteiger partial charge in [0.2, 0.25) is 0 Å². The van der Waals surface area contributed by atoms with E-state index in [0.717, 1.165) is 22.3 Å². The zero-order valence-electron chi connectivity index (χ0n) is 7.65. The Morgan fingerprint density at radius 2 is 2.31 bits per heavy atom. The third-order valence-electron chi connectivity index (χ3n) is 2.10. The van der Waals surface area contributed by atoms with Crippen LogP contribution in [0.3, 0.4) is 0 Å². The predicted molar refractivity (Wildman–Crippen MR) is 49.2 cm³/mol. The molecule has 0 radical (unpaired) electrons. The maximum absolute atomic E-state index is 8.93. The Labute approximate surface area is 75.8 Å². The molecule has 0 bridgehead atoms. The second kappa shape index (κ2) is 2.81. The van der Waals surface area contributed by atoms with Gasteiger partial charge in [-0.1, -0.05) is 0 Å². The molecule has 0 amide bonds. The van der Waals surface area contributed by atoms with Crippen LogP contribution in [0.25, 0.3) is 11.0 Å². The van der Waals surface area contributed by atoms with Gasteiger partial charge in [-0.2, -0.15) is 5.10 Å². The van der Waals surface area contributed by atoms with Gasteiger partial charge < -0.3 is 5.11 Å². The predicted octanol–water partition coefficient (Wildman–Crippen LogP) is 0.769. The van der Waals surface area contributed by atoms with Crippen molar-refractivity contribution in [2.75, 3.05) is 0 Å². The van der Waals surface area contributed by atoms with Crippen molar-refractivity contribution in [3.63, 3.8) is 0 Å². The molecule has 0 aliphatic heterocycles. The number of aryl methyl sites for hydroxylation is 2. The van der Waals surface area contributed by atoms with E-state index in [1.165, 1.54) is 0 Å². The highest BCUT2D eigenvalue weighted by Gasteiger charge is 2.05. The van der Waals surface area contributed by atoms with Gasteiger partial charge in [0.1, 0.15) is 0 Å². The lowest BCUT2D eigenvalue weighted by molar-refractivity contribution is 0.281. The van der Waals surface area contributed by atoms with Crippen LogP contribution in [-0.4, -0.2) is 19.9 Å². The monoisotopic (exact) mass is 177 g/mol. The molecule has 0 unspecified atom stereocenters. The highest BCUT2D eigenvalue weighted by molar-refractivity contribution is 5.78. The Morgan fingerprint density at radius 1 is 1.54 bits per heavy atom. The molecule has 2 rings (SSSR count). The molecular weight excluding hydrogens is 166 g/mol. The number of pyridine rings is 1. The van der Waals surface area contributed by atoms with Gasteiger partial charge in [-0.05, 0) is 18.6 Å². The second-order valence-corrected chi connectivity index (χ2v) is 3.08. The van der Waals surface area contributed by atoms with E-state index in [4.69, 9.17) is 5.11 Å². The van der Waals surface area contributed by atoms with E-state index in [-0.39, 0.29) is 6.61 Å². The Morgan fingerprint density at radius 3 is 3.00 bits per heavy atom. The van der Waals surface area contributed by atoms with Crippen LogP contribution in [0.2, 0.25) is 0 Å². The van der Waals surface area contributed by atoms with Crippen molar-refractivity contribution in [2.45, 2.75) is 13.5 Å². The lowest BCUT2D eigenvalue weighted by atomic mass is 10.2. The van der Waals surface area contributed by atoms with Crippen molar-refractivity contribution >= 4 is 11.0 Å². The average Bonchev–Trinajstić information content (AvgIpc) is 2.42. The summed E-state index contributed by atoms with van der Waals surface area (Å²) >= 11 is 0. The minimum absolute atomic E-state index is 0.0251. The maximum Gasteiger partial charge on any atom is 0.157 e. The van der Waals surface area contributed by atoms with E-state index in [0.29, 0.717) is 0 Å². The molecular formula is C9H11N3O. The van der Waals surface area contributed by atoms with Crippen molar-refractivity contribution in [2.24, 2.45) is 7.05 Å². The summed E-state index contributed by atoms with van der Waals surface area (Å²) < 4.78 is 1.74. The summed E-state index contributed by atoms with van der Waals surface area (Å²) in [5.41, 5.74) is 2.62. The fraction of sp³-hybridized carbons (Fsp3) is 0.333. The number of fused-ring (bicyclic) bond motifs is 1. The highest BCUT2D eigenvalue weighted by atomic mass is 16.3. The van der Waals surface area contributed by atoms with Crippen molar-refractivity contribution in [1.29, 1.82) is 0 Å². The van der Waals surface area contributed by atoms with Crippen LogP contribution in [0.4, 0.5) is 0 Å². The van der Waals surface area contributed by atoms with E-state index >= 15 is 0 Å². The summed E-state index contributed by atoms with van der Waals surface area (Å²) in [5, 5.41) is 14.2. The van der Waals surface area contributed by atoms with Crippen LogP contribution >= 0.6 is 0 Å². The lowest BCUT2D eigenvalue weighted by Crippen LogP contribution is -1.92. The SMILES string of the molecule is Cc1nn(C)c2ncc(CO)cc12. The molecule has 1 N–H and O–H groups in total. The Bertz CT molecular complexity index is 447. The minimum Gasteiger partial charge on any atom is -0.392 e. The average molecular weight is 177 g/mol. The van der Waals surface area contributed by atoms with Crippen molar-refractivity contribution in [3.8, 4) is 0 Å². The standard InChI is InChI=1S/C9H11N3O/c1-6-8-3-7(5-13)4-10-9(8)12(2)11-6/h3-4,13H,5H2,1-2H3. The summed E-state index contributed by atoms with van der Waals surface area (Å²) in [6.45, 7) is 1.96. The first-order valence-electron chi connectivity index (χ1n) is 4.11. The van der Waals surface area contributed by atoms with E-state index in [2.05, 4.69) is 10.1 Å². The molecule has 0 aromatic carbocycles. The topological polar surface area (TPSA) is 50.9 Å². The summed E-state index contributed by atoms with van der Waals surface area (Å²) in [7, 11) is 1.86. The van der Waals surface area contributed by atoms with Gasteiger partial charge in [0.25, 0.3) is 0 Å². The molecule has 0 aliphatic rings. The van der Waals surface area contributed by atoms with Crippen LogP contribution in [0.15, 0.2) is 12.3 Å². The quantitative estimate of drug-likeness (QED) is 0.700. The van der Waals surface area contributed by atoms with Crippen LogP contribution in [0, 0.1) is 6.92 Å². The molecule has 13 heavy (non-hydrogen) atoms. The largest absolute Gasteiger partial charge is 0.392 e. The van der Waals surface area contributed by atoms with Gasteiger partial charge >= 0.3 is 0 Å². The number of aliphatic hydroxyl groups is 1. The molecule has 4 heteroatoms. The normalized spacial score (nSPS) is 11.0. The number of aliphatic hydroxyl groups excluding tert-OH is 1. The van der Waals surface area contributed by atoms with Gasteiger partial charge in [-0.3, -0.25) is 4.68 Å². The first kappa shape index (κ1) is 8.19. The summed E-state index contributed by atoms with van der Waals surface area (Å²) in [4.78, 5) is 4.21. The van der Waals surface area contributed by atoms with Gasteiger partial charge in [-0.15, -0.1) is 0 Å². The number of nitrogens with zero attached hydrogens (tertiary/aromatic N) is 3. The van der Waals surface area contributed by atoms with E-state index < -0.39 is 0 Å². The molecule has 0 fully saturated rings. The van der Waals surface area contributed by atoms with Crippen molar-refractivity contribution in [3.05, 3.63) is 23.5 Å². The second-order valence-electron chi connectivity index (χ2n) is 3.08. The summed E-state index contributed by atoms with van der Waals surface area (Å²) in [5.74, 6) is 0. The van der Waals surface area contributed by atoms with Gasteiger partial charge in [0.15, 0.2) is 5.65 Å². The van der Waals surface area contributed by atoms with Crippen molar-refractivity contribution < 1.29 is 5.11 Å². The zero-order chi connectivity index (χ0) is 9.42. The molecule has 0 spiro atoms. The van der Waals surface area contributed by atoms with E-state index in [1.54, 1.807) is 10.9 Å². The molecule has 0 aliphatic carbocycles. The molecule has 2 heterocycles. The number of rotatable bonds is 1. The smallest absolute Gasteiger partial charge is 0.157 e. The molecule has 68 valence electrons. The Hall–Kier alpha value is -1.42. The summed E-state index contributed by atoms with van der Waals surface area (Å²) in [6.07, 6.45) is 1.67. The van der Waals surface area contributed by atoms with E-state index in [9.17, 15) is 0 Å². The van der Waals surface area contributed by atoms with Crippen LogP contribution in [0.1, 0.15) is 11.3 Å². The van der Waals surface area contributed by atoms with Crippen LogP contribution in [0.5, 0.6) is 0 Å². The molecule has 0 saturated heterocycles. The number of aromatic nitrogens is 3. The minimum atomic E-state index is 0.0251. The number of hydrogen-bond donors (Lipinski definition) is 1. The van der Waals surface area contributed by atoms with Crippen LogP contribution in [-0.2, 0) is 13.7 Å². The zero-order valence-corrected chi connectivity index (χ0v) is 7.65. The molecule has 2 aromatic heterocycles. The Balaban J connectivity index is 2.76. The fourth-order valence-electron chi connectivity index (χ4n) is 1.44.